The minimum absolute atomic E-state index is 0.925. The van der Waals surface area contributed by atoms with Crippen LogP contribution in [0.3, 0.4) is 0 Å². The summed E-state index contributed by atoms with van der Waals surface area (Å²) in [5.41, 5.74) is 0. The first-order valence-corrected chi connectivity index (χ1v) is 10.4. The second-order valence-corrected chi connectivity index (χ2v) is 8.80. The zero-order valence-corrected chi connectivity index (χ0v) is 15.1. The average Bonchev–Trinajstić information content (AvgIpc) is 3.51. The Morgan fingerprint density at radius 2 is 0.960 bits per heavy atom. The minimum atomic E-state index is 0.925. The highest BCUT2D eigenvalue weighted by Crippen LogP contribution is 2.53. The van der Waals surface area contributed by atoms with Gasteiger partial charge in [-0.25, -0.2) is 0 Å². The molecule has 0 saturated heterocycles. The first-order valence-electron chi connectivity index (χ1n) is 10.4. The zero-order chi connectivity index (χ0) is 16.6. The van der Waals surface area contributed by atoms with E-state index in [9.17, 15) is 0 Å². The fourth-order valence-electron chi connectivity index (χ4n) is 6.34. The van der Waals surface area contributed by atoms with Gasteiger partial charge in [0.05, 0.1) is 0 Å². The molecule has 7 rings (SSSR count). The number of rotatable bonds is 0. The lowest BCUT2D eigenvalue weighted by molar-refractivity contribution is 0.398. The van der Waals surface area contributed by atoms with Crippen molar-refractivity contribution in [2.24, 2.45) is 47.3 Å². The van der Waals surface area contributed by atoms with Gasteiger partial charge < -0.3 is 0 Å². The molecule has 130 valence electrons. The summed E-state index contributed by atoms with van der Waals surface area (Å²) >= 11 is 0. The van der Waals surface area contributed by atoms with Crippen LogP contribution < -0.4 is 0 Å². The molecule has 2 saturated carbocycles. The Balaban J connectivity index is 0.0000000894. The molecule has 7 aliphatic rings. The van der Waals surface area contributed by atoms with Crippen LogP contribution >= 0.6 is 0 Å². The SMILES string of the molecule is C1=CC2C3C=CC(C3)C2C1.C1=CC2C3C=CC(C3)C2C1.C1=CCC=C1. The van der Waals surface area contributed by atoms with Gasteiger partial charge in [-0.15, -0.1) is 0 Å². The van der Waals surface area contributed by atoms with E-state index in [4.69, 9.17) is 0 Å². The molecule has 0 heteroatoms. The number of fused-ring (bicyclic) bond motifs is 10. The molecule has 8 unspecified atom stereocenters. The van der Waals surface area contributed by atoms with Gasteiger partial charge in [-0.2, -0.15) is 0 Å². The molecule has 7 aliphatic carbocycles. The highest BCUT2D eigenvalue weighted by molar-refractivity contribution is 5.22. The average molecular weight is 331 g/mol. The topological polar surface area (TPSA) is 0 Å². The third-order valence-electron chi connectivity index (χ3n) is 7.57. The largest absolute Gasteiger partial charge is 0.0879 e. The van der Waals surface area contributed by atoms with E-state index >= 15 is 0 Å². The van der Waals surface area contributed by atoms with Crippen molar-refractivity contribution in [1.82, 2.24) is 0 Å². The Morgan fingerprint density at radius 3 is 1.36 bits per heavy atom. The van der Waals surface area contributed by atoms with Crippen LogP contribution in [0.5, 0.6) is 0 Å². The van der Waals surface area contributed by atoms with Crippen LogP contribution in [0.1, 0.15) is 32.1 Å². The Hall–Kier alpha value is -1.56. The maximum Gasteiger partial charge on any atom is -0.0133 e. The van der Waals surface area contributed by atoms with Crippen LogP contribution in [0.4, 0.5) is 0 Å². The van der Waals surface area contributed by atoms with E-state index in [2.05, 4.69) is 72.9 Å². The third kappa shape index (κ3) is 2.84. The summed E-state index contributed by atoms with van der Waals surface area (Å²) in [4.78, 5) is 0. The van der Waals surface area contributed by atoms with Crippen LogP contribution in [0, 0.1) is 47.3 Å². The molecule has 0 aromatic rings. The summed E-state index contributed by atoms with van der Waals surface area (Å²) < 4.78 is 0. The van der Waals surface area contributed by atoms with Crippen LogP contribution in [-0.2, 0) is 0 Å². The van der Waals surface area contributed by atoms with Crippen molar-refractivity contribution in [3.63, 3.8) is 0 Å². The molecule has 2 fully saturated rings. The second-order valence-electron chi connectivity index (χ2n) is 8.80. The molecule has 0 aromatic heterocycles. The molecule has 25 heavy (non-hydrogen) atoms. The molecule has 0 radical (unpaired) electrons. The molecular formula is C25H30. The first-order chi connectivity index (χ1) is 12.4. The van der Waals surface area contributed by atoms with Gasteiger partial charge in [-0.3, -0.25) is 0 Å². The normalized spacial score (nSPS) is 47.0. The van der Waals surface area contributed by atoms with Gasteiger partial charge in [0.25, 0.3) is 0 Å². The summed E-state index contributed by atoms with van der Waals surface area (Å²) in [6, 6.07) is 0. The molecule has 8 atom stereocenters. The first kappa shape index (κ1) is 15.7. The molecule has 0 aliphatic heterocycles. The van der Waals surface area contributed by atoms with E-state index < -0.39 is 0 Å². The summed E-state index contributed by atoms with van der Waals surface area (Å²) in [6.07, 6.45) is 34.5. The fraction of sp³-hybridized carbons (Fsp3) is 0.520. The monoisotopic (exact) mass is 330 g/mol. The predicted molar refractivity (Wildman–Crippen MR) is 106 cm³/mol. The Kier molecular flexibility index (Phi) is 4.16. The summed E-state index contributed by atoms with van der Waals surface area (Å²) in [5.74, 6) is 7.65. The van der Waals surface area contributed by atoms with Gasteiger partial charge in [0.2, 0.25) is 0 Å². The smallest absolute Gasteiger partial charge is 0.0133 e. The zero-order valence-electron chi connectivity index (χ0n) is 15.1. The van der Waals surface area contributed by atoms with Gasteiger partial charge >= 0.3 is 0 Å². The molecule has 0 amide bonds. The van der Waals surface area contributed by atoms with E-state index in [1.807, 2.05) is 0 Å². The van der Waals surface area contributed by atoms with Gasteiger partial charge in [0.15, 0.2) is 0 Å². The molecular weight excluding hydrogens is 300 g/mol. The van der Waals surface area contributed by atoms with Gasteiger partial charge in [0.1, 0.15) is 0 Å². The second kappa shape index (κ2) is 6.63. The highest BCUT2D eigenvalue weighted by Gasteiger charge is 2.44. The number of allylic oxidation sites excluding steroid dienone is 12. The van der Waals surface area contributed by atoms with Crippen LogP contribution in [0.25, 0.3) is 0 Å². The third-order valence-corrected chi connectivity index (χ3v) is 7.57. The summed E-state index contributed by atoms with van der Waals surface area (Å²) in [7, 11) is 0. The summed E-state index contributed by atoms with van der Waals surface area (Å²) in [6.45, 7) is 0. The van der Waals surface area contributed by atoms with Crippen molar-refractivity contribution in [3.8, 4) is 0 Å². The lowest BCUT2D eigenvalue weighted by Crippen LogP contribution is -2.12. The van der Waals surface area contributed by atoms with Crippen LogP contribution in [-0.4, -0.2) is 0 Å². The Morgan fingerprint density at radius 1 is 0.480 bits per heavy atom. The molecule has 0 spiro atoms. The molecule has 0 nitrogen and oxygen atoms in total. The Labute approximate surface area is 152 Å². The van der Waals surface area contributed by atoms with Crippen molar-refractivity contribution in [3.05, 3.63) is 72.9 Å². The number of hydrogen-bond donors (Lipinski definition) is 0. The van der Waals surface area contributed by atoms with Crippen LogP contribution in [0.15, 0.2) is 72.9 Å². The van der Waals surface area contributed by atoms with E-state index in [1.165, 1.54) is 25.7 Å². The van der Waals surface area contributed by atoms with E-state index in [0.29, 0.717) is 0 Å². The van der Waals surface area contributed by atoms with Gasteiger partial charge in [0, 0.05) is 0 Å². The summed E-state index contributed by atoms with van der Waals surface area (Å²) in [5, 5.41) is 0. The minimum Gasteiger partial charge on any atom is -0.0879 e. The predicted octanol–water partition coefficient (Wildman–Crippen LogP) is 6.27. The van der Waals surface area contributed by atoms with Crippen molar-refractivity contribution in [1.29, 1.82) is 0 Å². The van der Waals surface area contributed by atoms with E-state index in [-0.39, 0.29) is 0 Å². The lowest BCUT2D eigenvalue weighted by Gasteiger charge is -2.18. The van der Waals surface area contributed by atoms with Gasteiger partial charge in [-0.05, 0) is 79.4 Å². The highest BCUT2D eigenvalue weighted by atomic mass is 14.5. The fourth-order valence-corrected chi connectivity index (χ4v) is 6.34. The maximum atomic E-state index is 2.44. The lowest BCUT2D eigenvalue weighted by atomic mass is 9.86. The quantitative estimate of drug-likeness (QED) is 0.459. The van der Waals surface area contributed by atoms with Crippen LogP contribution in [0.2, 0.25) is 0 Å². The van der Waals surface area contributed by atoms with Crippen molar-refractivity contribution in [2.75, 3.05) is 0 Å². The van der Waals surface area contributed by atoms with E-state index in [0.717, 1.165) is 53.8 Å². The molecule has 0 N–H and O–H groups in total. The molecule has 0 aromatic carbocycles. The van der Waals surface area contributed by atoms with Gasteiger partial charge in [-0.1, -0.05) is 72.9 Å². The van der Waals surface area contributed by atoms with Crippen molar-refractivity contribution < 1.29 is 0 Å². The molecule has 4 bridgehead atoms. The van der Waals surface area contributed by atoms with E-state index in [1.54, 1.807) is 0 Å². The number of hydrogen-bond acceptors (Lipinski definition) is 0. The van der Waals surface area contributed by atoms with Crippen molar-refractivity contribution >= 4 is 0 Å². The molecule has 0 heterocycles. The standard InChI is InChI=1S/2C10H12.C5H6/c2*1-2-9-7-4-5-8(6-7)10(9)3-1;1-2-4-5-3-1/h2*1-2,4-5,7-10H,3,6H2;1-4H,5H2. The maximum absolute atomic E-state index is 2.44. The van der Waals surface area contributed by atoms with Crippen molar-refractivity contribution in [2.45, 2.75) is 32.1 Å². The Bertz CT molecular complexity index is 612.